The molecule has 1 aromatic carbocycles. The van der Waals surface area contributed by atoms with Gasteiger partial charge in [0, 0.05) is 22.4 Å². The lowest BCUT2D eigenvalue weighted by atomic mass is 9.74. The average Bonchev–Trinajstić information content (AvgIpc) is 2.74. The number of halogens is 2. The van der Waals surface area contributed by atoms with E-state index in [1.165, 1.54) is 17.3 Å². The smallest absolute Gasteiger partial charge is 0.125 e. The summed E-state index contributed by atoms with van der Waals surface area (Å²) in [6, 6.07) is 6.87. The average molecular weight is 337 g/mol. The minimum atomic E-state index is -0.231. The van der Waals surface area contributed by atoms with Crippen LogP contribution in [0.5, 0.6) is 0 Å². The van der Waals surface area contributed by atoms with Gasteiger partial charge in [-0.3, -0.25) is 0 Å². The molecule has 20 heavy (non-hydrogen) atoms. The van der Waals surface area contributed by atoms with Gasteiger partial charge in [0.1, 0.15) is 5.82 Å². The third-order valence-electron chi connectivity index (χ3n) is 4.01. The van der Waals surface area contributed by atoms with Gasteiger partial charge in [-0.15, -0.1) is 0 Å². The molecular formula is C16H18BrFN2. The summed E-state index contributed by atoms with van der Waals surface area (Å²) in [4.78, 5) is 0. The van der Waals surface area contributed by atoms with E-state index in [0.29, 0.717) is 0 Å². The number of hydrogen-bond donors (Lipinski definition) is 1. The maximum absolute atomic E-state index is 13.5. The third-order valence-corrected chi connectivity index (χ3v) is 4.68. The minimum Gasteiger partial charge on any atom is -0.324 e. The van der Waals surface area contributed by atoms with Gasteiger partial charge in [0.25, 0.3) is 0 Å². The van der Waals surface area contributed by atoms with Gasteiger partial charge in [0.05, 0.1) is 5.69 Å². The van der Waals surface area contributed by atoms with Crippen molar-refractivity contribution in [3.63, 3.8) is 0 Å². The molecule has 1 heterocycles. The van der Waals surface area contributed by atoms with Crippen LogP contribution in [0.25, 0.3) is 5.69 Å². The molecule has 2 aromatic rings. The van der Waals surface area contributed by atoms with Gasteiger partial charge in [-0.2, -0.15) is 0 Å². The summed E-state index contributed by atoms with van der Waals surface area (Å²) in [6.45, 7) is 4.46. The van der Waals surface area contributed by atoms with Crippen molar-refractivity contribution in [1.82, 2.24) is 4.57 Å². The van der Waals surface area contributed by atoms with Gasteiger partial charge >= 0.3 is 0 Å². The fraction of sp³-hybridized carbons (Fsp3) is 0.375. The maximum Gasteiger partial charge on any atom is 0.125 e. The first-order valence-electron chi connectivity index (χ1n) is 6.78. The molecule has 0 amide bonds. The van der Waals surface area contributed by atoms with E-state index in [0.717, 1.165) is 23.0 Å². The predicted molar refractivity (Wildman–Crippen MR) is 82.5 cm³/mol. The second kappa shape index (κ2) is 4.71. The number of hydrogen-bond acceptors (Lipinski definition) is 1. The molecule has 3 rings (SSSR count). The molecule has 4 heteroatoms. The second-order valence-electron chi connectivity index (χ2n) is 6.34. The zero-order chi connectivity index (χ0) is 14.5. The molecule has 1 atom stereocenters. The van der Waals surface area contributed by atoms with E-state index in [1.807, 2.05) is 6.20 Å². The minimum absolute atomic E-state index is 0.0577. The molecule has 106 valence electrons. The van der Waals surface area contributed by atoms with Crippen molar-refractivity contribution in [1.29, 1.82) is 0 Å². The lowest BCUT2D eigenvalue weighted by Gasteiger charge is -2.34. The van der Waals surface area contributed by atoms with Crippen LogP contribution in [0.1, 0.15) is 37.6 Å². The van der Waals surface area contributed by atoms with E-state index in [9.17, 15) is 4.39 Å². The summed E-state index contributed by atoms with van der Waals surface area (Å²) in [5, 5.41) is 0. The van der Waals surface area contributed by atoms with E-state index in [-0.39, 0.29) is 17.3 Å². The van der Waals surface area contributed by atoms with Crippen molar-refractivity contribution in [2.45, 2.75) is 32.7 Å². The van der Waals surface area contributed by atoms with Crippen LogP contribution in [0.15, 0.2) is 34.9 Å². The number of fused-ring (bicyclic) bond motifs is 1. The topological polar surface area (TPSA) is 30.9 Å². The van der Waals surface area contributed by atoms with Gasteiger partial charge in [-0.1, -0.05) is 13.8 Å². The highest BCUT2D eigenvalue weighted by Crippen LogP contribution is 2.41. The molecule has 0 spiro atoms. The van der Waals surface area contributed by atoms with E-state index < -0.39 is 0 Å². The first-order valence-corrected chi connectivity index (χ1v) is 7.58. The summed E-state index contributed by atoms with van der Waals surface area (Å²) in [6.07, 6.45) is 3.92. The van der Waals surface area contributed by atoms with Gasteiger partial charge in [-0.05, 0) is 64.0 Å². The molecule has 1 aliphatic rings. The van der Waals surface area contributed by atoms with Crippen LogP contribution >= 0.6 is 15.9 Å². The molecule has 0 saturated carbocycles. The standard InChI is InChI=1S/C16H18BrFN2/c1-16(2)8-13(19)11-5-6-20(15(11)9-16)14-7-10(18)3-4-12(14)17/h3-7,13H,8-9,19H2,1-2H3. The Hall–Kier alpha value is -1.13. The summed E-state index contributed by atoms with van der Waals surface area (Å²) < 4.78 is 16.5. The lowest BCUT2D eigenvalue weighted by Crippen LogP contribution is -2.30. The van der Waals surface area contributed by atoms with E-state index in [4.69, 9.17) is 5.73 Å². The van der Waals surface area contributed by atoms with Crippen molar-refractivity contribution in [3.05, 3.63) is 52.0 Å². The zero-order valence-electron chi connectivity index (χ0n) is 11.7. The molecule has 1 unspecified atom stereocenters. The normalized spacial score (nSPS) is 20.8. The Kier molecular flexibility index (Phi) is 3.26. The Morgan fingerprint density at radius 1 is 1.35 bits per heavy atom. The number of nitrogens with zero attached hydrogens (tertiary/aromatic N) is 1. The van der Waals surface area contributed by atoms with Crippen LogP contribution in [0.2, 0.25) is 0 Å². The highest BCUT2D eigenvalue weighted by molar-refractivity contribution is 9.10. The Labute approximate surface area is 126 Å². The van der Waals surface area contributed by atoms with Crippen molar-refractivity contribution in [2.75, 3.05) is 0 Å². The Bertz CT molecular complexity index is 660. The summed E-state index contributed by atoms with van der Waals surface area (Å²) in [5.41, 5.74) is 9.66. The van der Waals surface area contributed by atoms with Crippen LogP contribution in [0.3, 0.4) is 0 Å². The zero-order valence-corrected chi connectivity index (χ0v) is 13.2. The summed E-state index contributed by atoms with van der Waals surface area (Å²) in [5.74, 6) is -0.231. The van der Waals surface area contributed by atoms with Gasteiger partial charge < -0.3 is 10.3 Å². The maximum atomic E-state index is 13.5. The monoisotopic (exact) mass is 336 g/mol. The predicted octanol–water partition coefficient (Wildman–Crippen LogP) is 4.35. The number of nitrogens with two attached hydrogens (primary N) is 1. The SMILES string of the molecule is CC1(C)Cc2c(ccn2-c2cc(F)ccc2Br)C(N)C1. The Morgan fingerprint density at radius 3 is 2.85 bits per heavy atom. The number of aromatic nitrogens is 1. The van der Waals surface area contributed by atoms with Crippen molar-refractivity contribution in [2.24, 2.45) is 11.1 Å². The highest BCUT2D eigenvalue weighted by Gasteiger charge is 2.32. The summed E-state index contributed by atoms with van der Waals surface area (Å²) >= 11 is 3.50. The molecule has 1 aromatic heterocycles. The number of benzene rings is 1. The fourth-order valence-electron chi connectivity index (χ4n) is 3.13. The molecule has 2 nitrogen and oxygen atoms in total. The van der Waals surface area contributed by atoms with Crippen molar-refractivity contribution < 1.29 is 4.39 Å². The molecular weight excluding hydrogens is 319 g/mol. The molecule has 0 fully saturated rings. The molecule has 0 aliphatic heterocycles. The highest BCUT2D eigenvalue weighted by atomic mass is 79.9. The van der Waals surface area contributed by atoms with E-state index in [2.05, 4.69) is 40.4 Å². The number of rotatable bonds is 1. The molecule has 0 bridgehead atoms. The fourth-order valence-corrected chi connectivity index (χ4v) is 3.57. The lowest BCUT2D eigenvalue weighted by molar-refractivity contribution is 0.278. The van der Waals surface area contributed by atoms with Gasteiger partial charge in [0.15, 0.2) is 0 Å². The summed E-state index contributed by atoms with van der Waals surface area (Å²) in [7, 11) is 0. The van der Waals surface area contributed by atoms with Gasteiger partial charge in [0.2, 0.25) is 0 Å². The largest absolute Gasteiger partial charge is 0.324 e. The third kappa shape index (κ3) is 2.31. The van der Waals surface area contributed by atoms with Crippen LogP contribution in [-0.2, 0) is 6.42 Å². The van der Waals surface area contributed by atoms with E-state index >= 15 is 0 Å². The quantitative estimate of drug-likeness (QED) is 0.824. The first kappa shape index (κ1) is 13.8. The van der Waals surface area contributed by atoms with Gasteiger partial charge in [-0.25, -0.2) is 4.39 Å². The van der Waals surface area contributed by atoms with E-state index in [1.54, 1.807) is 12.1 Å². The Morgan fingerprint density at radius 2 is 2.10 bits per heavy atom. The van der Waals surface area contributed by atoms with Crippen LogP contribution < -0.4 is 5.73 Å². The van der Waals surface area contributed by atoms with Crippen LogP contribution in [-0.4, -0.2) is 4.57 Å². The van der Waals surface area contributed by atoms with Crippen LogP contribution in [0.4, 0.5) is 4.39 Å². The van der Waals surface area contributed by atoms with Crippen molar-refractivity contribution >= 4 is 15.9 Å². The first-order chi connectivity index (χ1) is 9.37. The molecule has 0 radical (unpaired) electrons. The van der Waals surface area contributed by atoms with Crippen molar-refractivity contribution in [3.8, 4) is 5.69 Å². The molecule has 0 saturated heterocycles. The second-order valence-corrected chi connectivity index (χ2v) is 7.19. The van der Waals surface area contributed by atoms with Crippen LogP contribution in [0, 0.1) is 11.2 Å². The molecule has 1 aliphatic carbocycles. The molecule has 2 N–H and O–H groups in total. The Balaban J connectivity index is 2.16.